The summed E-state index contributed by atoms with van der Waals surface area (Å²) in [7, 11) is 0. The molecule has 1 heterocycles. The van der Waals surface area contributed by atoms with Gasteiger partial charge in [0.25, 0.3) is 0 Å². The molecule has 1 N–H and O–H groups in total. The van der Waals surface area contributed by atoms with Crippen LogP contribution in [-0.4, -0.2) is 16.1 Å². The monoisotopic (exact) mass is 289 g/mol. The number of nitrogens with zero attached hydrogens (tertiary/aromatic N) is 1. The van der Waals surface area contributed by atoms with E-state index in [2.05, 4.69) is 4.98 Å². The van der Waals surface area contributed by atoms with Crippen molar-refractivity contribution in [3.05, 3.63) is 65.0 Å². The zero-order chi connectivity index (χ0) is 14.4. The Morgan fingerprint density at radius 1 is 1.35 bits per heavy atom. The molecule has 0 atom stereocenters. The molecule has 1 aromatic heterocycles. The fourth-order valence-corrected chi connectivity index (χ4v) is 1.85. The van der Waals surface area contributed by atoms with E-state index in [9.17, 15) is 4.79 Å². The van der Waals surface area contributed by atoms with Gasteiger partial charge in [-0.1, -0.05) is 29.8 Å². The second-order valence-electron chi connectivity index (χ2n) is 3.98. The van der Waals surface area contributed by atoms with Gasteiger partial charge >= 0.3 is 5.97 Å². The number of hydrogen-bond donors (Lipinski definition) is 1. The highest BCUT2D eigenvalue weighted by molar-refractivity contribution is 6.32. The first-order chi connectivity index (χ1) is 9.66. The van der Waals surface area contributed by atoms with Crippen molar-refractivity contribution < 1.29 is 14.6 Å². The number of halogens is 1. The summed E-state index contributed by atoms with van der Waals surface area (Å²) in [5, 5.41) is 9.11. The van der Waals surface area contributed by atoms with Crippen molar-refractivity contribution in [1.29, 1.82) is 0 Å². The number of para-hydroxylation sites is 1. The molecule has 0 radical (unpaired) electrons. The van der Waals surface area contributed by atoms with Crippen molar-refractivity contribution in [3.63, 3.8) is 0 Å². The molecule has 0 aliphatic heterocycles. The van der Waals surface area contributed by atoms with Crippen LogP contribution in [0.5, 0.6) is 5.75 Å². The van der Waals surface area contributed by atoms with Gasteiger partial charge in [0, 0.05) is 29.6 Å². The summed E-state index contributed by atoms with van der Waals surface area (Å²) in [5.41, 5.74) is 1.52. The molecule has 20 heavy (non-hydrogen) atoms. The largest absolute Gasteiger partial charge is 0.487 e. The lowest BCUT2D eigenvalue weighted by Crippen LogP contribution is -1.98. The minimum Gasteiger partial charge on any atom is -0.487 e. The molecule has 0 spiro atoms. The van der Waals surface area contributed by atoms with Crippen LogP contribution >= 0.6 is 11.6 Å². The summed E-state index contributed by atoms with van der Waals surface area (Å²) in [6.45, 7) is 0.311. The summed E-state index contributed by atoms with van der Waals surface area (Å²) in [6.07, 6.45) is 5.87. The van der Waals surface area contributed by atoms with Gasteiger partial charge in [-0.3, -0.25) is 4.98 Å². The van der Waals surface area contributed by atoms with Crippen molar-refractivity contribution in [3.8, 4) is 5.75 Å². The van der Waals surface area contributed by atoms with Crippen LogP contribution in [0.4, 0.5) is 0 Å². The molecule has 0 amide bonds. The number of carboxylic acids is 1. The van der Waals surface area contributed by atoms with Gasteiger partial charge in [-0.25, -0.2) is 4.79 Å². The van der Waals surface area contributed by atoms with Gasteiger partial charge in [-0.05, 0) is 18.2 Å². The maximum Gasteiger partial charge on any atom is 0.328 e. The molecule has 4 nitrogen and oxygen atoms in total. The van der Waals surface area contributed by atoms with E-state index in [1.165, 1.54) is 6.08 Å². The van der Waals surface area contributed by atoms with E-state index in [4.69, 9.17) is 21.4 Å². The topological polar surface area (TPSA) is 59.4 Å². The van der Waals surface area contributed by atoms with Crippen LogP contribution in [0.25, 0.3) is 6.08 Å². The number of aliphatic carboxylic acids is 1. The first kappa shape index (κ1) is 14.1. The van der Waals surface area contributed by atoms with Gasteiger partial charge in [0.2, 0.25) is 0 Å². The molecule has 0 saturated heterocycles. The summed E-state index contributed by atoms with van der Waals surface area (Å²) in [4.78, 5) is 14.6. The highest BCUT2D eigenvalue weighted by atomic mass is 35.5. The molecular weight excluding hydrogens is 278 g/mol. The van der Waals surface area contributed by atoms with E-state index in [0.29, 0.717) is 22.9 Å². The minimum absolute atomic E-state index is 0.311. The van der Waals surface area contributed by atoms with Crippen LogP contribution in [0.3, 0.4) is 0 Å². The van der Waals surface area contributed by atoms with Crippen molar-refractivity contribution in [2.24, 2.45) is 0 Å². The smallest absolute Gasteiger partial charge is 0.328 e. The van der Waals surface area contributed by atoms with Gasteiger partial charge in [-0.15, -0.1) is 0 Å². The van der Waals surface area contributed by atoms with E-state index >= 15 is 0 Å². The zero-order valence-electron chi connectivity index (χ0n) is 10.5. The third kappa shape index (κ3) is 3.83. The lowest BCUT2D eigenvalue weighted by molar-refractivity contribution is -0.131. The number of carbonyl (C=O) groups is 1. The predicted molar refractivity (Wildman–Crippen MR) is 76.7 cm³/mol. The first-order valence-corrected chi connectivity index (χ1v) is 6.26. The number of carboxylic acid groups (broad SMARTS) is 1. The Hall–Kier alpha value is -2.33. The number of aromatic nitrogens is 1. The molecule has 0 saturated carbocycles. The number of benzene rings is 1. The SMILES string of the molecule is O=C(O)/C=C/c1cccc(Cl)c1OCc1cccnc1. The summed E-state index contributed by atoms with van der Waals surface area (Å²) >= 11 is 6.09. The fourth-order valence-electron chi connectivity index (χ4n) is 1.61. The maximum absolute atomic E-state index is 10.6. The Balaban J connectivity index is 2.19. The molecule has 0 aliphatic carbocycles. The van der Waals surface area contributed by atoms with Gasteiger partial charge < -0.3 is 9.84 Å². The van der Waals surface area contributed by atoms with Gasteiger partial charge in [0.1, 0.15) is 12.4 Å². The highest BCUT2D eigenvalue weighted by Gasteiger charge is 2.07. The van der Waals surface area contributed by atoms with Crippen molar-refractivity contribution in [2.45, 2.75) is 6.61 Å². The quantitative estimate of drug-likeness (QED) is 0.857. The highest BCUT2D eigenvalue weighted by Crippen LogP contribution is 2.30. The average Bonchev–Trinajstić information content (AvgIpc) is 2.45. The summed E-state index contributed by atoms with van der Waals surface area (Å²) < 4.78 is 5.67. The Kier molecular flexibility index (Phi) is 4.74. The second-order valence-corrected chi connectivity index (χ2v) is 4.39. The normalized spacial score (nSPS) is 10.7. The molecule has 0 unspecified atom stereocenters. The van der Waals surface area contributed by atoms with E-state index < -0.39 is 5.97 Å². The van der Waals surface area contributed by atoms with Crippen LogP contribution in [0.2, 0.25) is 5.02 Å². The first-order valence-electron chi connectivity index (χ1n) is 5.88. The number of pyridine rings is 1. The van der Waals surface area contributed by atoms with Crippen LogP contribution in [-0.2, 0) is 11.4 Å². The van der Waals surface area contributed by atoms with Crippen LogP contribution in [0, 0.1) is 0 Å². The number of rotatable bonds is 5. The Labute approximate surface area is 121 Å². The number of ether oxygens (including phenoxy) is 1. The standard InChI is InChI=1S/C15H12ClNO3/c16-13-5-1-4-12(6-7-14(18)19)15(13)20-10-11-3-2-8-17-9-11/h1-9H,10H2,(H,18,19)/b7-6+. The van der Waals surface area contributed by atoms with Crippen LogP contribution < -0.4 is 4.74 Å². The Morgan fingerprint density at radius 3 is 2.90 bits per heavy atom. The lowest BCUT2D eigenvalue weighted by atomic mass is 10.2. The van der Waals surface area contributed by atoms with Crippen molar-refractivity contribution >= 4 is 23.6 Å². The van der Waals surface area contributed by atoms with Gasteiger partial charge in [-0.2, -0.15) is 0 Å². The second kappa shape index (κ2) is 6.73. The Morgan fingerprint density at radius 2 is 2.20 bits per heavy atom. The molecule has 102 valence electrons. The summed E-state index contributed by atoms with van der Waals surface area (Å²) in [6, 6.07) is 8.87. The van der Waals surface area contributed by atoms with Gasteiger partial charge in [0.15, 0.2) is 0 Å². The average molecular weight is 290 g/mol. The molecule has 1 aromatic carbocycles. The summed E-state index contributed by atoms with van der Waals surface area (Å²) in [5.74, 6) is -0.571. The lowest BCUT2D eigenvalue weighted by Gasteiger charge is -2.10. The van der Waals surface area contributed by atoms with Crippen molar-refractivity contribution in [1.82, 2.24) is 4.98 Å². The minimum atomic E-state index is -1.02. The molecule has 0 fully saturated rings. The third-order valence-corrected chi connectivity index (χ3v) is 2.81. The number of hydrogen-bond acceptors (Lipinski definition) is 3. The Bertz CT molecular complexity index is 626. The molecule has 0 bridgehead atoms. The maximum atomic E-state index is 10.6. The van der Waals surface area contributed by atoms with E-state index in [0.717, 1.165) is 11.6 Å². The zero-order valence-corrected chi connectivity index (χ0v) is 11.2. The van der Waals surface area contributed by atoms with Gasteiger partial charge in [0.05, 0.1) is 5.02 Å². The predicted octanol–water partition coefficient (Wildman–Crippen LogP) is 3.41. The molecule has 2 rings (SSSR count). The van der Waals surface area contributed by atoms with E-state index in [-0.39, 0.29) is 0 Å². The van der Waals surface area contributed by atoms with E-state index in [1.807, 2.05) is 12.1 Å². The van der Waals surface area contributed by atoms with Crippen LogP contribution in [0.15, 0.2) is 48.8 Å². The fraction of sp³-hybridized carbons (Fsp3) is 0.0667. The molecular formula is C15H12ClNO3. The molecule has 0 aliphatic rings. The third-order valence-electron chi connectivity index (χ3n) is 2.51. The van der Waals surface area contributed by atoms with Crippen LogP contribution in [0.1, 0.15) is 11.1 Å². The van der Waals surface area contributed by atoms with E-state index in [1.54, 1.807) is 30.6 Å². The molecule has 2 aromatic rings. The van der Waals surface area contributed by atoms with Crippen molar-refractivity contribution in [2.75, 3.05) is 0 Å². The molecule has 5 heteroatoms.